The van der Waals surface area contributed by atoms with Gasteiger partial charge in [0.2, 0.25) is 0 Å². The highest BCUT2D eigenvalue weighted by Crippen LogP contribution is 2.07. The third kappa shape index (κ3) is 8.02. The predicted octanol–water partition coefficient (Wildman–Crippen LogP) is 3.25. The van der Waals surface area contributed by atoms with Crippen LogP contribution >= 0.6 is 47.3 Å². The molecule has 0 heterocycles. The van der Waals surface area contributed by atoms with Crippen LogP contribution in [0.1, 0.15) is 0 Å². The fourth-order valence-electron chi connectivity index (χ4n) is 0.668. The summed E-state index contributed by atoms with van der Waals surface area (Å²) < 4.78 is 21.9. The van der Waals surface area contributed by atoms with Gasteiger partial charge < -0.3 is 0 Å². The second kappa shape index (κ2) is 7.03. The van der Waals surface area contributed by atoms with Crippen molar-refractivity contribution in [2.75, 3.05) is 6.26 Å². The minimum absolute atomic E-state index is 0.271. The van der Waals surface area contributed by atoms with Gasteiger partial charge in [-0.05, 0) is 12.1 Å². The highest BCUT2D eigenvalue weighted by molar-refractivity contribution is 9.69. The summed E-state index contributed by atoms with van der Waals surface area (Å²) in [7, 11) is -3.00. The van der Waals surface area contributed by atoms with Crippen LogP contribution in [0.5, 0.6) is 0 Å². The van der Waals surface area contributed by atoms with Crippen molar-refractivity contribution < 1.29 is 8.42 Å². The SMILES string of the molecule is BrB(Br)Br.CS(=O)(=O)c1ccccc1. The van der Waals surface area contributed by atoms with Gasteiger partial charge in [0, 0.05) is 6.26 Å². The van der Waals surface area contributed by atoms with Gasteiger partial charge >= 0.3 is 3.18 Å². The smallest absolute Gasteiger partial charge is 0.224 e. The van der Waals surface area contributed by atoms with E-state index in [1.54, 1.807) is 30.3 Å². The molecule has 14 heavy (non-hydrogen) atoms. The van der Waals surface area contributed by atoms with Gasteiger partial charge in [-0.3, -0.25) is 0 Å². The molecule has 0 unspecified atom stereocenters. The van der Waals surface area contributed by atoms with E-state index in [1.807, 2.05) is 0 Å². The lowest BCUT2D eigenvalue weighted by Crippen LogP contribution is -1.95. The molecule has 2 nitrogen and oxygen atoms in total. The van der Waals surface area contributed by atoms with Gasteiger partial charge in [-0.2, -0.15) is 0 Å². The van der Waals surface area contributed by atoms with Crippen molar-refractivity contribution >= 4 is 60.3 Å². The standard InChI is InChI=1S/C7H8O2S.BBr3/c1-10(8,9)7-5-3-2-4-6-7;2-1(3)4/h2-6H,1H3;. The van der Waals surface area contributed by atoms with Crippen molar-refractivity contribution in [2.24, 2.45) is 0 Å². The Morgan fingerprint density at radius 3 is 1.64 bits per heavy atom. The Morgan fingerprint density at radius 2 is 1.43 bits per heavy atom. The van der Waals surface area contributed by atoms with E-state index in [0.29, 0.717) is 4.90 Å². The van der Waals surface area contributed by atoms with Crippen molar-refractivity contribution in [3.8, 4) is 0 Å². The lowest BCUT2D eigenvalue weighted by atomic mass is 10.4. The van der Waals surface area contributed by atoms with Gasteiger partial charge in [-0.25, -0.2) is 8.42 Å². The molecule has 0 atom stereocenters. The van der Waals surface area contributed by atoms with E-state index in [-0.39, 0.29) is 3.18 Å². The van der Waals surface area contributed by atoms with Crippen LogP contribution < -0.4 is 0 Å². The summed E-state index contributed by atoms with van der Waals surface area (Å²) in [5.74, 6) is 0. The average Bonchev–Trinajstić information content (AvgIpc) is 2.03. The normalized spacial score (nSPS) is 10.0. The maximum absolute atomic E-state index is 10.8. The maximum Gasteiger partial charge on any atom is 0.369 e. The zero-order chi connectivity index (χ0) is 11.2. The molecule has 0 radical (unpaired) electrons. The molecule has 0 aromatic heterocycles. The van der Waals surface area contributed by atoms with Gasteiger partial charge in [0.05, 0.1) is 4.90 Å². The monoisotopic (exact) mass is 404 g/mol. The van der Waals surface area contributed by atoms with Gasteiger partial charge in [0.1, 0.15) is 0 Å². The molecule has 7 heteroatoms. The number of benzene rings is 1. The Balaban J connectivity index is 0.000000364. The number of halogens is 3. The van der Waals surface area contributed by atoms with Crippen LogP contribution in [0.3, 0.4) is 0 Å². The zero-order valence-corrected chi connectivity index (χ0v) is 12.9. The first-order chi connectivity index (χ1) is 6.34. The van der Waals surface area contributed by atoms with Crippen LogP contribution in [-0.2, 0) is 9.84 Å². The largest absolute Gasteiger partial charge is 0.369 e. The van der Waals surface area contributed by atoms with Crippen LogP contribution in [0.25, 0.3) is 0 Å². The molecule has 1 aromatic carbocycles. The fourth-order valence-corrected chi connectivity index (χ4v) is 1.32. The third-order valence-electron chi connectivity index (χ3n) is 1.17. The van der Waals surface area contributed by atoms with Crippen molar-refractivity contribution in [3.63, 3.8) is 0 Å². The first-order valence-electron chi connectivity index (χ1n) is 3.51. The summed E-state index contributed by atoms with van der Waals surface area (Å²) in [4.78, 5) is 0.370. The molecular weight excluding hydrogens is 399 g/mol. The molecule has 78 valence electrons. The van der Waals surface area contributed by atoms with Crippen LogP contribution in [0, 0.1) is 0 Å². The van der Waals surface area contributed by atoms with Crippen molar-refractivity contribution in [2.45, 2.75) is 4.90 Å². The molecule has 0 aliphatic rings. The molecule has 1 rings (SSSR count). The molecule has 0 bridgehead atoms. The topological polar surface area (TPSA) is 34.1 Å². The van der Waals surface area contributed by atoms with E-state index in [9.17, 15) is 8.42 Å². The van der Waals surface area contributed by atoms with Crippen molar-refractivity contribution in [1.29, 1.82) is 0 Å². The summed E-state index contributed by atoms with van der Waals surface area (Å²) in [6.45, 7) is 0. The third-order valence-corrected chi connectivity index (χ3v) is 2.30. The molecule has 0 aliphatic heterocycles. The average molecular weight is 407 g/mol. The summed E-state index contributed by atoms with van der Waals surface area (Å²) in [5, 5.41) is 0. The quantitative estimate of drug-likeness (QED) is 0.671. The van der Waals surface area contributed by atoms with Crippen LogP contribution in [0.15, 0.2) is 35.2 Å². The second-order valence-corrected chi connectivity index (χ2v) is 10.8. The Kier molecular flexibility index (Phi) is 7.37. The Morgan fingerprint density at radius 1 is 1.07 bits per heavy atom. The Hall–Kier alpha value is 0.675. The van der Waals surface area contributed by atoms with Gasteiger partial charge in [0.25, 0.3) is 0 Å². The Labute approximate surface area is 109 Å². The van der Waals surface area contributed by atoms with E-state index in [1.165, 1.54) is 6.26 Å². The molecule has 0 amide bonds. The molecule has 0 N–H and O–H groups in total. The van der Waals surface area contributed by atoms with E-state index in [2.05, 4.69) is 47.3 Å². The van der Waals surface area contributed by atoms with E-state index in [4.69, 9.17) is 0 Å². The number of rotatable bonds is 1. The van der Waals surface area contributed by atoms with E-state index < -0.39 is 9.84 Å². The van der Waals surface area contributed by atoms with E-state index >= 15 is 0 Å². The summed E-state index contributed by atoms with van der Waals surface area (Å²) in [6, 6.07) is 8.35. The Bertz CT molecular complexity index is 350. The van der Waals surface area contributed by atoms with Gasteiger partial charge in [0.15, 0.2) is 9.84 Å². The minimum Gasteiger partial charge on any atom is -0.224 e. The summed E-state index contributed by atoms with van der Waals surface area (Å²) in [5.41, 5.74) is 0. The van der Waals surface area contributed by atoms with Crippen LogP contribution in [0.2, 0.25) is 0 Å². The predicted molar refractivity (Wildman–Crippen MR) is 72.1 cm³/mol. The van der Waals surface area contributed by atoms with Crippen LogP contribution in [-0.4, -0.2) is 17.9 Å². The molecule has 0 saturated carbocycles. The molecule has 0 fully saturated rings. The van der Waals surface area contributed by atoms with Gasteiger partial charge in [-0.1, -0.05) is 18.2 Å². The second-order valence-electron chi connectivity index (χ2n) is 2.33. The molecule has 0 spiro atoms. The molecule has 0 aliphatic carbocycles. The molecule has 1 aromatic rings. The lowest BCUT2D eigenvalue weighted by molar-refractivity contribution is 0.602. The lowest BCUT2D eigenvalue weighted by Gasteiger charge is -1.93. The number of hydrogen-bond donors (Lipinski definition) is 0. The zero-order valence-electron chi connectivity index (χ0n) is 7.32. The molecule has 0 saturated heterocycles. The van der Waals surface area contributed by atoms with Crippen LogP contribution in [0.4, 0.5) is 0 Å². The number of sulfone groups is 1. The first kappa shape index (κ1) is 14.7. The summed E-state index contributed by atoms with van der Waals surface area (Å²) >= 11 is 9.31. The maximum atomic E-state index is 10.8. The first-order valence-corrected chi connectivity index (χ1v) is 8.15. The minimum atomic E-state index is -3.00. The highest BCUT2D eigenvalue weighted by atomic mass is 79.9. The fraction of sp³-hybridized carbons (Fsp3) is 0.143. The van der Waals surface area contributed by atoms with E-state index in [0.717, 1.165) is 0 Å². The summed E-state index contributed by atoms with van der Waals surface area (Å²) in [6.07, 6.45) is 1.20. The van der Waals surface area contributed by atoms with Crippen molar-refractivity contribution in [3.05, 3.63) is 30.3 Å². The molecular formula is C7H8BBr3O2S. The number of hydrogen-bond acceptors (Lipinski definition) is 2. The van der Waals surface area contributed by atoms with Gasteiger partial charge in [-0.15, -0.1) is 47.3 Å². The van der Waals surface area contributed by atoms with Crippen molar-refractivity contribution in [1.82, 2.24) is 0 Å². The highest BCUT2D eigenvalue weighted by Gasteiger charge is 2.02.